The third-order valence-corrected chi connectivity index (χ3v) is 12.3. The summed E-state index contributed by atoms with van der Waals surface area (Å²) >= 11 is 1.93. The van der Waals surface area contributed by atoms with E-state index in [2.05, 4.69) is 159 Å². The molecule has 2 aromatic heterocycles. The maximum atomic E-state index is 6.33. The van der Waals surface area contributed by atoms with Crippen LogP contribution in [0.1, 0.15) is 24.2 Å². The Kier molecular flexibility index (Phi) is 6.64. The van der Waals surface area contributed by atoms with Gasteiger partial charge in [0.05, 0.1) is 0 Å². The summed E-state index contributed by atoms with van der Waals surface area (Å²) in [6, 6.07) is 51.2. The van der Waals surface area contributed by atoms with Gasteiger partial charge in [0.25, 0.3) is 0 Å². The predicted molar refractivity (Wildman–Crippen MR) is 219 cm³/mol. The van der Waals surface area contributed by atoms with Crippen LogP contribution in [0, 0.1) is 0 Å². The zero-order valence-electron chi connectivity index (χ0n) is 28.8. The van der Waals surface area contributed by atoms with Crippen molar-refractivity contribution in [1.29, 1.82) is 0 Å². The molecule has 7 aromatic carbocycles. The molecule has 0 saturated heterocycles. The Morgan fingerprint density at radius 1 is 0.566 bits per heavy atom. The number of rotatable bonds is 4. The van der Waals surface area contributed by atoms with Crippen molar-refractivity contribution in [1.82, 2.24) is 15.0 Å². The Labute approximate surface area is 310 Å². The lowest BCUT2D eigenvalue weighted by Crippen LogP contribution is -2.23. The molecule has 0 amide bonds. The zero-order chi connectivity index (χ0) is 35.1. The Morgan fingerprint density at radius 2 is 1.26 bits per heavy atom. The topological polar surface area (TPSA) is 51.8 Å². The molecule has 0 fully saturated rings. The minimum Gasteiger partial charge on any atom is -0.456 e. The Balaban J connectivity index is 1.14. The molecule has 9 aromatic rings. The van der Waals surface area contributed by atoms with Crippen molar-refractivity contribution in [3.8, 4) is 33.9 Å². The summed E-state index contributed by atoms with van der Waals surface area (Å²) in [6.07, 6.45) is 6.90. The largest absolute Gasteiger partial charge is 0.456 e. The third-order valence-electron chi connectivity index (χ3n) is 10.9. The zero-order valence-corrected chi connectivity index (χ0v) is 29.6. The molecule has 3 heterocycles. The maximum absolute atomic E-state index is 6.33. The van der Waals surface area contributed by atoms with E-state index in [1.807, 2.05) is 23.9 Å². The molecule has 53 heavy (non-hydrogen) atoms. The molecular formula is C48H31N3OS. The van der Waals surface area contributed by atoms with E-state index in [4.69, 9.17) is 19.4 Å². The highest BCUT2D eigenvalue weighted by Gasteiger charge is 2.42. The molecule has 0 bridgehead atoms. The normalized spacial score (nSPS) is 17.8. The molecule has 2 unspecified atom stereocenters. The fourth-order valence-electron chi connectivity index (χ4n) is 8.23. The van der Waals surface area contributed by atoms with Gasteiger partial charge in [-0.15, -0.1) is 11.8 Å². The Morgan fingerprint density at radius 3 is 2.17 bits per heavy atom. The lowest BCUT2D eigenvalue weighted by atomic mass is 9.81. The van der Waals surface area contributed by atoms with Crippen LogP contribution < -0.4 is 0 Å². The molecule has 0 spiro atoms. The first kappa shape index (κ1) is 30.3. The number of aromatic nitrogens is 3. The van der Waals surface area contributed by atoms with Crippen LogP contribution in [0.5, 0.6) is 0 Å². The fraction of sp³-hybridized carbons (Fsp3) is 0.0625. The Hall–Kier alpha value is -6.30. The summed E-state index contributed by atoms with van der Waals surface area (Å²) < 4.78 is 6.27. The van der Waals surface area contributed by atoms with Gasteiger partial charge in [-0.25, -0.2) is 15.0 Å². The Bertz CT molecular complexity index is 3030. The highest BCUT2D eigenvalue weighted by Crippen LogP contribution is 2.56. The number of allylic oxidation sites excluding steroid dienone is 3. The second-order valence-corrected chi connectivity index (χ2v) is 15.7. The van der Waals surface area contributed by atoms with Crippen molar-refractivity contribution in [3.05, 3.63) is 175 Å². The first-order valence-electron chi connectivity index (χ1n) is 18.0. The molecular weight excluding hydrogens is 667 g/mol. The van der Waals surface area contributed by atoms with Gasteiger partial charge in [0.1, 0.15) is 11.2 Å². The number of fused-ring (bicyclic) bond motifs is 8. The molecule has 11 rings (SSSR count). The van der Waals surface area contributed by atoms with Crippen LogP contribution in [-0.2, 0) is 0 Å². The van der Waals surface area contributed by atoms with E-state index in [1.54, 1.807) is 0 Å². The van der Waals surface area contributed by atoms with Crippen molar-refractivity contribution in [3.63, 3.8) is 0 Å². The van der Waals surface area contributed by atoms with Crippen molar-refractivity contribution in [2.75, 3.05) is 0 Å². The smallest absolute Gasteiger partial charge is 0.164 e. The van der Waals surface area contributed by atoms with Gasteiger partial charge in [0.15, 0.2) is 17.5 Å². The monoisotopic (exact) mass is 697 g/mol. The van der Waals surface area contributed by atoms with Crippen LogP contribution >= 0.6 is 11.8 Å². The lowest BCUT2D eigenvalue weighted by molar-refractivity contribution is 0.669. The third kappa shape index (κ3) is 4.88. The van der Waals surface area contributed by atoms with Crippen molar-refractivity contribution in [2.24, 2.45) is 0 Å². The van der Waals surface area contributed by atoms with E-state index in [-0.39, 0.29) is 10.7 Å². The SMILES string of the molecule is CC12C=CC(c3nc(-c4ccc5ccccc5c4)nc(-c4cc(-c5cccc6oc7ccccc7c56)c5ccccc5c4)n3)=CC1c1ccccc1S2. The first-order valence-corrected chi connectivity index (χ1v) is 18.8. The standard InChI is InChI=1S/C48H31N3OS/c1-48-24-23-33(28-40(48)37-15-7-9-20-43(37)53-48)46-49-45(32-22-21-29-11-2-3-12-30(29)25-32)50-47(51-46)34-26-31-13-4-5-14-35(31)39(27-34)36-17-10-19-42-44(36)38-16-6-8-18-41(38)52-42/h2-28,40H,1H3. The maximum Gasteiger partial charge on any atom is 0.164 e. The molecule has 1 aliphatic heterocycles. The number of thioether (sulfide) groups is 1. The molecule has 2 atom stereocenters. The summed E-state index contributed by atoms with van der Waals surface area (Å²) in [6.45, 7) is 2.33. The summed E-state index contributed by atoms with van der Waals surface area (Å²) in [5, 5.41) is 6.81. The average molecular weight is 698 g/mol. The van der Waals surface area contributed by atoms with E-state index in [0.717, 1.165) is 65.9 Å². The van der Waals surface area contributed by atoms with E-state index in [1.165, 1.54) is 15.8 Å². The second-order valence-electron chi connectivity index (χ2n) is 14.1. The van der Waals surface area contributed by atoms with Gasteiger partial charge in [0.2, 0.25) is 0 Å². The summed E-state index contributed by atoms with van der Waals surface area (Å²) in [4.78, 5) is 17.1. The van der Waals surface area contributed by atoms with Gasteiger partial charge in [-0.1, -0.05) is 127 Å². The summed E-state index contributed by atoms with van der Waals surface area (Å²) in [5.41, 5.74) is 8.22. The van der Waals surface area contributed by atoms with E-state index in [9.17, 15) is 0 Å². The first-order chi connectivity index (χ1) is 26.1. The van der Waals surface area contributed by atoms with Crippen molar-refractivity contribution in [2.45, 2.75) is 22.5 Å². The number of benzene rings is 7. The van der Waals surface area contributed by atoms with E-state index in [0.29, 0.717) is 17.5 Å². The van der Waals surface area contributed by atoms with Crippen LogP contribution in [0.2, 0.25) is 0 Å². The van der Waals surface area contributed by atoms with Gasteiger partial charge >= 0.3 is 0 Å². The number of hydrogen-bond donors (Lipinski definition) is 0. The molecule has 2 aliphatic rings. The lowest BCUT2D eigenvalue weighted by Gasteiger charge is -2.29. The van der Waals surface area contributed by atoms with Gasteiger partial charge < -0.3 is 4.42 Å². The molecule has 1 aliphatic carbocycles. The molecule has 5 heteroatoms. The fourth-order valence-corrected chi connectivity index (χ4v) is 9.62. The number of hydrogen-bond acceptors (Lipinski definition) is 5. The number of nitrogens with zero attached hydrogens (tertiary/aromatic N) is 3. The van der Waals surface area contributed by atoms with Gasteiger partial charge in [0, 0.05) is 43.0 Å². The van der Waals surface area contributed by atoms with Crippen LogP contribution in [0.15, 0.2) is 173 Å². The molecule has 250 valence electrons. The van der Waals surface area contributed by atoms with Crippen molar-refractivity contribution >= 4 is 60.8 Å². The minimum absolute atomic E-state index is 0.0598. The van der Waals surface area contributed by atoms with Crippen LogP contribution in [-0.4, -0.2) is 19.7 Å². The quantitative estimate of drug-likeness (QED) is 0.183. The van der Waals surface area contributed by atoms with Crippen LogP contribution in [0.25, 0.3) is 83.0 Å². The summed E-state index contributed by atoms with van der Waals surface area (Å²) in [5.74, 6) is 2.17. The summed E-state index contributed by atoms with van der Waals surface area (Å²) in [7, 11) is 0. The van der Waals surface area contributed by atoms with Crippen LogP contribution in [0.4, 0.5) is 0 Å². The van der Waals surface area contributed by atoms with E-state index >= 15 is 0 Å². The van der Waals surface area contributed by atoms with Gasteiger partial charge in [-0.05, 0) is 81.6 Å². The minimum atomic E-state index is -0.0598. The molecule has 0 N–H and O–H groups in total. The van der Waals surface area contributed by atoms with E-state index < -0.39 is 0 Å². The molecule has 0 radical (unpaired) electrons. The highest BCUT2D eigenvalue weighted by molar-refractivity contribution is 8.01. The molecule has 0 saturated carbocycles. The van der Waals surface area contributed by atoms with Crippen LogP contribution in [0.3, 0.4) is 0 Å². The number of para-hydroxylation sites is 1. The second kappa shape index (κ2) is 11.6. The highest BCUT2D eigenvalue weighted by atomic mass is 32.2. The van der Waals surface area contributed by atoms with Crippen molar-refractivity contribution < 1.29 is 4.42 Å². The average Bonchev–Trinajstić information content (AvgIpc) is 3.74. The molecule has 4 nitrogen and oxygen atoms in total. The predicted octanol–water partition coefficient (Wildman–Crippen LogP) is 12.7. The van der Waals surface area contributed by atoms with Gasteiger partial charge in [-0.2, -0.15) is 0 Å². The van der Waals surface area contributed by atoms with Gasteiger partial charge in [-0.3, -0.25) is 0 Å². The number of furan rings is 1.